The number of rotatable bonds is 4. The molecule has 8 heteroatoms. The number of aromatic nitrogens is 3. The van der Waals surface area contributed by atoms with Crippen molar-refractivity contribution in [3.05, 3.63) is 54.5 Å². The van der Waals surface area contributed by atoms with Gasteiger partial charge in [-0.15, -0.1) is 0 Å². The fourth-order valence-electron chi connectivity index (χ4n) is 4.19. The third kappa shape index (κ3) is 3.41. The molecule has 4 heterocycles. The maximum Gasteiger partial charge on any atom is 0.404 e. The lowest BCUT2D eigenvalue weighted by atomic mass is 9.95. The maximum atomic E-state index is 10.9. The first-order valence-corrected chi connectivity index (χ1v) is 9.83. The van der Waals surface area contributed by atoms with E-state index in [1.165, 1.54) is 0 Å². The van der Waals surface area contributed by atoms with Crippen molar-refractivity contribution in [2.24, 2.45) is 0 Å². The van der Waals surface area contributed by atoms with Crippen LogP contribution in [0.1, 0.15) is 18.0 Å². The Morgan fingerprint density at radius 1 is 1.03 bits per heavy atom. The van der Waals surface area contributed by atoms with Crippen LogP contribution in [0.5, 0.6) is 0 Å². The number of nitrogens with zero attached hydrogens (tertiary/aromatic N) is 5. The van der Waals surface area contributed by atoms with Crippen molar-refractivity contribution < 1.29 is 9.90 Å². The van der Waals surface area contributed by atoms with Gasteiger partial charge in [-0.25, -0.2) is 14.8 Å². The van der Waals surface area contributed by atoms with Crippen LogP contribution in [-0.2, 0) is 0 Å². The number of carboxylic acid groups (broad SMARTS) is 1. The minimum absolute atomic E-state index is 0.0676. The molecule has 2 saturated heterocycles. The van der Waals surface area contributed by atoms with Crippen LogP contribution < -0.4 is 15.1 Å². The lowest BCUT2D eigenvalue weighted by Gasteiger charge is -2.40. The zero-order valence-electron chi connectivity index (χ0n) is 15.9. The number of fused-ring (bicyclic) bond motifs is 1. The maximum absolute atomic E-state index is 10.9. The van der Waals surface area contributed by atoms with Crippen LogP contribution in [0.3, 0.4) is 0 Å². The van der Waals surface area contributed by atoms with Crippen LogP contribution in [0.4, 0.5) is 16.4 Å². The van der Waals surface area contributed by atoms with Gasteiger partial charge in [0.15, 0.2) is 5.82 Å². The first-order chi connectivity index (χ1) is 14.2. The number of pyridine rings is 1. The van der Waals surface area contributed by atoms with Crippen molar-refractivity contribution in [2.75, 3.05) is 36.0 Å². The molecule has 148 valence electrons. The Bertz CT molecular complexity index is 1050. The van der Waals surface area contributed by atoms with Gasteiger partial charge in [0.25, 0.3) is 0 Å². The number of benzene rings is 1. The molecule has 0 aliphatic carbocycles. The van der Waals surface area contributed by atoms with Gasteiger partial charge in [0.2, 0.25) is 0 Å². The number of nitrogens with one attached hydrogen (secondary N) is 1. The van der Waals surface area contributed by atoms with Gasteiger partial charge < -0.3 is 20.2 Å². The Morgan fingerprint density at radius 3 is 2.72 bits per heavy atom. The second-order valence-corrected chi connectivity index (χ2v) is 7.61. The van der Waals surface area contributed by atoms with E-state index in [2.05, 4.69) is 43.3 Å². The minimum atomic E-state index is -0.978. The van der Waals surface area contributed by atoms with E-state index in [9.17, 15) is 4.79 Å². The summed E-state index contributed by atoms with van der Waals surface area (Å²) in [6, 6.07) is 12.2. The lowest BCUT2D eigenvalue weighted by Crippen LogP contribution is -2.46. The van der Waals surface area contributed by atoms with Crippen molar-refractivity contribution in [2.45, 2.75) is 18.4 Å². The topological polar surface area (TPSA) is 94.5 Å². The average Bonchev–Trinajstić information content (AvgIpc) is 3.15. The van der Waals surface area contributed by atoms with E-state index in [1.807, 2.05) is 18.2 Å². The average molecular weight is 390 g/mol. The Balaban J connectivity index is 1.30. The molecular weight excluding hydrogens is 368 g/mol. The van der Waals surface area contributed by atoms with Gasteiger partial charge in [-0.05, 0) is 24.6 Å². The summed E-state index contributed by atoms with van der Waals surface area (Å²) in [7, 11) is 0. The molecule has 2 aromatic heterocycles. The highest BCUT2D eigenvalue weighted by Crippen LogP contribution is 2.35. The van der Waals surface area contributed by atoms with Crippen LogP contribution in [0, 0.1) is 0 Å². The molecule has 0 saturated carbocycles. The number of carbonyl (C=O) groups is 1. The van der Waals surface area contributed by atoms with Gasteiger partial charge >= 0.3 is 6.09 Å². The number of anilines is 2. The van der Waals surface area contributed by atoms with Crippen molar-refractivity contribution in [1.29, 1.82) is 0 Å². The molecule has 1 amide bonds. The molecule has 0 radical (unpaired) electrons. The molecule has 1 atom stereocenters. The normalized spacial score (nSPS) is 19.4. The summed E-state index contributed by atoms with van der Waals surface area (Å²) in [6.45, 7) is 3.10. The Kier molecular flexibility index (Phi) is 4.38. The minimum Gasteiger partial charge on any atom is -0.465 e. The molecule has 2 fully saturated rings. The highest BCUT2D eigenvalue weighted by atomic mass is 16.4. The summed E-state index contributed by atoms with van der Waals surface area (Å²) < 4.78 is 0. The highest BCUT2D eigenvalue weighted by molar-refractivity contribution is 5.80. The van der Waals surface area contributed by atoms with Crippen LogP contribution in [-0.4, -0.2) is 58.4 Å². The van der Waals surface area contributed by atoms with E-state index in [0.717, 1.165) is 54.3 Å². The molecule has 0 spiro atoms. The summed E-state index contributed by atoms with van der Waals surface area (Å²) >= 11 is 0. The van der Waals surface area contributed by atoms with Gasteiger partial charge in [0.1, 0.15) is 5.82 Å². The zero-order chi connectivity index (χ0) is 19.8. The van der Waals surface area contributed by atoms with Gasteiger partial charge in [0.05, 0.1) is 17.3 Å². The highest BCUT2D eigenvalue weighted by Gasteiger charge is 2.35. The number of hydrogen-bond donors (Lipinski definition) is 2. The largest absolute Gasteiger partial charge is 0.465 e. The molecule has 2 aliphatic rings. The summed E-state index contributed by atoms with van der Waals surface area (Å²) in [5.41, 5.74) is 1.99. The summed E-state index contributed by atoms with van der Waals surface area (Å²) in [5.74, 6) is 2.15. The van der Waals surface area contributed by atoms with E-state index in [1.54, 1.807) is 12.4 Å². The van der Waals surface area contributed by atoms with Crippen LogP contribution in [0.15, 0.2) is 48.8 Å². The van der Waals surface area contributed by atoms with E-state index in [4.69, 9.17) is 10.1 Å². The molecule has 8 nitrogen and oxygen atoms in total. The second-order valence-electron chi connectivity index (χ2n) is 7.61. The van der Waals surface area contributed by atoms with Crippen molar-refractivity contribution in [3.63, 3.8) is 0 Å². The Morgan fingerprint density at radius 2 is 1.86 bits per heavy atom. The standard InChI is InChI=1S/C21H22N6O2/c28-21(29)24-16-7-10-26(13-16)20-19(22-8-9-23-20)15-11-27(12-15)18-6-5-14-3-1-2-4-17(14)25-18/h1-6,8-9,15-16,24H,7,10-13H2,(H,28,29). The quantitative estimate of drug-likeness (QED) is 0.707. The Hall–Kier alpha value is -3.42. The van der Waals surface area contributed by atoms with Crippen molar-refractivity contribution in [1.82, 2.24) is 20.3 Å². The van der Waals surface area contributed by atoms with Crippen LogP contribution in [0.2, 0.25) is 0 Å². The molecule has 2 aliphatic heterocycles. The van der Waals surface area contributed by atoms with Gasteiger partial charge in [-0.3, -0.25) is 4.98 Å². The molecule has 1 aromatic carbocycles. The SMILES string of the molecule is O=C(O)NC1CCN(c2nccnc2C2CN(c3ccc4ccccc4n3)C2)C1. The molecule has 3 aromatic rings. The molecule has 29 heavy (non-hydrogen) atoms. The van der Waals surface area contributed by atoms with E-state index < -0.39 is 6.09 Å². The van der Waals surface area contributed by atoms with Crippen molar-refractivity contribution >= 4 is 28.6 Å². The fraction of sp³-hybridized carbons (Fsp3) is 0.333. The van der Waals surface area contributed by atoms with Crippen LogP contribution >= 0.6 is 0 Å². The zero-order valence-corrected chi connectivity index (χ0v) is 15.9. The lowest BCUT2D eigenvalue weighted by molar-refractivity contribution is 0.191. The molecular formula is C21H22N6O2. The molecule has 1 unspecified atom stereocenters. The Labute approximate surface area is 168 Å². The number of amides is 1. The van der Waals surface area contributed by atoms with E-state index in [-0.39, 0.29) is 6.04 Å². The van der Waals surface area contributed by atoms with Crippen molar-refractivity contribution in [3.8, 4) is 0 Å². The molecule has 0 bridgehead atoms. The molecule has 5 rings (SSSR count). The van der Waals surface area contributed by atoms with Gasteiger partial charge in [-0.1, -0.05) is 18.2 Å². The number of hydrogen-bond acceptors (Lipinski definition) is 6. The smallest absolute Gasteiger partial charge is 0.404 e. The third-order valence-electron chi connectivity index (χ3n) is 5.70. The predicted octanol–water partition coefficient (Wildman–Crippen LogP) is 2.47. The third-order valence-corrected chi connectivity index (χ3v) is 5.70. The van der Waals surface area contributed by atoms with Gasteiger partial charge in [0, 0.05) is 49.9 Å². The van der Waals surface area contributed by atoms with Crippen LogP contribution in [0.25, 0.3) is 10.9 Å². The first kappa shape index (κ1) is 17.7. The molecule has 2 N–H and O–H groups in total. The second kappa shape index (κ2) is 7.20. The van der Waals surface area contributed by atoms with E-state index >= 15 is 0 Å². The summed E-state index contributed by atoms with van der Waals surface area (Å²) in [4.78, 5) is 29.3. The summed E-state index contributed by atoms with van der Waals surface area (Å²) in [5, 5.41) is 12.7. The monoisotopic (exact) mass is 390 g/mol. The van der Waals surface area contributed by atoms with E-state index in [0.29, 0.717) is 12.5 Å². The van der Waals surface area contributed by atoms with Gasteiger partial charge in [-0.2, -0.15) is 0 Å². The fourth-order valence-corrected chi connectivity index (χ4v) is 4.19. The number of para-hydroxylation sites is 1. The predicted molar refractivity (Wildman–Crippen MR) is 111 cm³/mol. The summed E-state index contributed by atoms with van der Waals surface area (Å²) in [6.07, 6.45) is 3.24. The first-order valence-electron chi connectivity index (χ1n) is 9.83.